The first kappa shape index (κ1) is 12.2. The molecular formula is C4H8Cl2N2O2. The van der Waals surface area contributed by atoms with Gasteiger partial charge >= 0.3 is 10.7 Å². The number of primary amides is 1. The van der Waals surface area contributed by atoms with Crippen molar-refractivity contribution in [1.29, 1.82) is 0 Å². The lowest BCUT2D eigenvalue weighted by Gasteiger charge is -1.86. The van der Waals surface area contributed by atoms with Crippen molar-refractivity contribution in [1.82, 2.24) is 5.32 Å². The Bertz CT molecular complexity index is 114. The second-order valence-corrected chi connectivity index (χ2v) is 1.82. The van der Waals surface area contributed by atoms with Crippen molar-refractivity contribution in [3.63, 3.8) is 0 Å². The van der Waals surface area contributed by atoms with Gasteiger partial charge in [0.15, 0.2) is 0 Å². The van der Waals surface area contributed by atoms with Crippen molar-refractivity contribution >= 4 is 33.9 Å². The lowest BCUT2D eigenvalue weighted by Crippen LogP contribution is -2.14. The molecule has 0 bridgehead atoms. The van der Waals surface area contributed by atoms with Gasteiger partial charge in [0.25, 0.3) is 0 Å². The fourth-order valence-corrected chi connectivity index (χ4v) is 0.273. The summed E-state index contributed by atoms with van der Waals surface area (Å²) in [6.07, 6.45) is 0. The minimum atomic E-state index is -0.861. The van der Waals surface area contributed by atoms with E-state index in [2.05, 4.69) is 22.7 Å². The van der Waals surface area contributed by atoms with Crippen LogP contribution < -0.4 is 11.1 Å². The van der Waals surface area contributed by atoms with Gasteiger partial charge in [-0.2, -0.15) is 0 Å². The van der Waals surface area contributed by atoms with Crippen LogP contribution >= 0.6 is 23.2 Å². The average Bonchev–Trinajstić information content (AvgIpc) is 1.62. The molecule has 0 heterocycles. The molecule has 3 N–H and O–H groups in total. The molecule has 0 rings (SSSR count). The summed E-state index contributed by atoms with van der Waals surface area (Å²) in [5, 5.41) is 0.985. The number of rotatable bonds is 1. The largest absolute Gasteiger partial charge is 0.356 e. The Hall–Kier alpha value is -0.480. The predicted molar refractivity (Wildman–Crippen MR) is 40.4 cm³/mol. The molecule has 0 aliphatic carbocycles. The van der Waals surface area contributed by atoms with Crippen LogP contribution in [0.15, 0.2) is 0 Å². The molecule has 0 saturated heterocycles. The molecule has 0 aromatic heterocycles. The molecule has 0 aromatic carbocycles. The number of carbonyl (C=O) groups is 2. The maximum Gasteiger partial charge on any atom is 0.313 e. The summed E-state index contributed by atoms with van der Waals surface area (Å²) in [4.78, 5) is 18.7. The number of halogens is 2. The lowest BCUT2D eigenvalue weighted by atomic mass is 10.8. The number of nitrogens with one attached hydrogen (secondary N) is 1. The zero-order chi connectivity index (χ0) is 8.57. The number of carbonyl (C=O) groups excluding carboxylic acids is 2. The molecule has 0 fully saturated rings. The first-order chi connectivity index (χ1) is 4.50. The smallest absolute Gasteiger partial charge is 0.313 e. The summed E-state index contributed by atoms with van der Waals surface area (Å²) in [5.41, 5.74) is 4.24. The SMILES string of the molecule is CCNC(=O)Cl.NC(=O)Cl. The van der Waals surface area contributed by atoms with E-state index in [1.807, 2.05) is 0 Å². The molecule has 10 heavy (non-hydrogen) atoms. The van der Waals surface area contributed by atoms with Crippen LogP contribution in [0.25, 0.3) is 0 Å². The zero-order valence-corrected chi connectivity index (χ0v) is 6.87. The molecule has 0 radical (unpaired) electrons. The Morgan fingerprint density at radius 1 is 1.50 bits per heavy atom. The van der Waals surface area contributed by atoms with Gasteiger partial charge in [-0.3, -0.25) is 9.59 Å². The summed E-state index contributed by atoms with van der Waals surface area (Å²) in [7, 11) is 0. The lowest BCUT2D eigenvalue weighted by molar-refractivity contribution is 0.260. The third-order valence-corrected chi connectivity index (χ3v) is 0.449. The van der Waals surface area contributed by atoms with E-state index >= 15 is 0 Å². The van der Waals surface area contributed by atoms with Crippen LogP contribution in [0.3, 0.4) is 0 Å². The molecule has 6 heteroatoms. The fourth-order valence-electron chi connectivity index (χ4n) is 0.139. The molecule has 60 valence electrons. The van der Waals surface area contributed by atoms with Crippen molar-refractivity contribution < 1.29 is 9.59 Å². The second-order valence-electron chi connectivity index (χ2n) is 1.11. The highest BCUT2D eigenvalue weighted by molar-refractivity contribution is 6.63. The summed E-state index contributed by atoms with van der Waals surface area (Å²) in [6, 6.07) is 0. The quantitative estimate of drug-likeness (QED) is 0.479. The highest BCUT2D eigenvalue weighted by Crippen LogP contribution is 1.72. The van der Waals surface area contributed by atoms with E-state index in [1.165, 1.54) is 0 Å². The van der Waals surface area contributed by atoms with E-state index in [1.54, 1.807) is 6.92 Å². The summed E-state index contributed by atoms with van der Waals surface area (Å²) in [6.45, 7) is 2.41. The Morgan fingerprint density at radius 2 is 1.80 bits per heavy atom. The normalized spacial score (nSPS) is 7.10. The van der Waals surface area contributed by atoms with Gasteiger partial charge in [-0.1, -0.05) is 0 Å². The van der Waals surface area contributed by atoms with E-state index in [-0.39, 0.29) is 0 Å². The molecule has 0 spiro atoms. The van der Waals surface area contributed by atoms with Crippen molar-refractivity contribution in [3.05, 3.63) is 0 Å². The van der Waals surface area contributed by atoms with Crippen LogP contribution in [-0.4, -0.2) is 17.3 Å². The van der Waals surface area contributed by atoms with Crippen LogP contribution in [0, 0.1) is 0 Å². The highest BCUT2D eigenvalue weighted by atomic mass is 35.5. The molecule has 4 nitrogen and oxygen atoms in total. The maximum atomic E-state index is 9.70. The topological polar surface area (TPSA) is 72.2 Å². The van der Waals surface area contributed by atoms with Gasteiger partial charge in [-0.25, -0.2) is 0 Å². The van der Waals surface area contributed by atoms with Gasteiger partial charge in [0.1, 0.15) is 0 Å². The summed E-state index contributed by atoms with van der Waals surface area (Å²) >= 11 is 9.24. The van der Waals surface area contributed by atoms with Gasteiger partial charge in [-0.15, -0.1) is 0 Å². The molecule has 0 aliphatic rings. The van der Waals surface area contributed by atoms with Gasteiger partial charge in [0.05, 0.1) is 0 Å². The predicted octanol–water partition coefficient (Wildman–Crippen LogP) is 1.26. The van der Waals surface area contributed by atoms with Gasteiger partial charge in [-0.05, 0) is 30.1 Å². The van der Waals surface area contributed by atoms with Crippen LogP contribution in [-0.2, 0) is 0 Å². The molecule has 0 aliphatic heterocycles. The van der Waals surface area contributed by atoms with E-state index in [0.29, 0.717) is 6.54 Å². The Balaban J connectivity index is 0. The second kappa shape index (κ2) is 8.52. The molecule has 0 unspecified atom stereocenters. The molecular weight excluding hydrogens is 179 g/mol. The first-order valence-corrected chi connectivity index (χ1v) is 3.14. The fraction of sp³-hybridized carbons (Fsp3) is 0.500. The van der Waals surface area contributed by atoms with Crippen molar-refractivity contribution in [2.24, 2.45) is 5.73 Å². The average molecular weight is 187 g/mol. The van der Waals surface area contributed by atoms with Gasteiger partial charge in [0, 0.05) is 6.54 Å². The third-order valence-electron chi connectivity index (χ3n) is 0.316. The third kappa shape index (κ3) is 50.3. The van der Waals surface area contributed by atoms with Crippen molar-refractivity contribution in [2.75, 3.05) is 6.54 Å². The Morgan fingerprint density at radius 3 is 1.80 bits per heavy atom. The minimum absolute atomic E-state index is 0.488. The first-order valence-electron chi connectivity index (χ1n) is 2.39. The van der Waals surface area contributed by atoms with E-state index in [9.17, 15) is 4.79 Å². The highest BCUT2D eigenvalue weighted by Gasteiger charge is 1.82. The van der Waals surface area contributed by atoms with E-state index < -0.39 is 10.7 Å². The van der Waals surface area contributed by atoms with Gasteiger partial charge < -0.3 is 11.1 Å². The standard InChI is InChI=1S/C3H6ClNO.CH2ClNO/c1-2-5-3(4)6;2-1(3)4/h2H2,1H3,(H,5,6);(H2,3,4). The van der Waals surface area contributed by atoms with Crippen LogP contribution in [0.2, 0.25) is 0 Å². The van der Waals surface area contributed by atoms with Crippen LogP contribution in [0.4, 0.5) is 9.59 Å². The Kier molecular flexibility index (Phi) is 10.4. The van der Waals surface area contributed by atoms with E-state index in [4.69, 9.17) is 16.4 Å². The van der Waals surface area contributed by atoms with Crippen LogP contribution in [0.1, 0.15) is 6.92 Å². The number of hydrogen-bond acceptors (Lipinski definition) is 2. The molecule has 2 amide bonds. The molecule has 0 aromatic rings. The van der Waals surface area contributed by atoms with Gasteiger partial charge in [0.2, 0.25) is 0 Å². The van der Waals surface area contributed by atoms with E-state index in [0.717, 1.165) is 0 Å². The minimum Gasteiger partial charge on any atom is -0.356 e. The van der Waals surface area contributed by atoms with Crippen molar-refractivity contribution in [3.8, 4) is 0 Å². The summed E-state index contributed by atoms with van der Waals surface area (Å²) in [5.74, 6) is 0. The Labute approximate surface area is 68.7 Å². The van der Waals surface area contributed by atoms with Crippen LogP contribution in [0.5, 0.6) is 0 Å². The summed E-state index contributed by atoms with van der Waals surface area (Å²) < 4.78 is 0. The van der Waals surface area contributed by atoms with Crippen molar-refractivity contribution in [2.45, 2.75) is 6.92 Å². The number of hydrogen-bond donors (Lipinski definition) is 2. The maximum absolute atomic E-state index is 9.70. The monoisotopic (exact) mass is 186 g/mol. The molecule has 0 atom stereocenters. The number of amides is 2. The molecule has 0 saturated carbocycles. The zero-order valence-electron chi connectivity index (χ0n) is 5.36. The number of nitrogens with two attached hydrogens (primary N) is 1.